The van der Waals surface area contributed by atoms with Crippen molar-refractivity contribution in [2.75, 3.05) is 43.6 Å². The fraction of sp³-hybridized carbons (Fsp3) is 0.240. The molecule has 220 valence electrons. The molecule has 1 aliphatic rings. The van der Waals surface area contributed by atoms with Crippen LogP contribution >= 0.6 is 11.8 Å². The van der Waals surface area contributed by atoms with Crippen molar-refractivity contribution < 1.29 is 31.6 Å². The maximum Gasteiger partial charge on any atom is 0.305 e. The zero-order valence-corrected chi connectivity index (χ0v) is 23.5. The van der Waals surface area contributed by atoms with E-state index in [2.05, 4.69) is 25.5 Å². The van der Waals surface area contributed by atoms with Crippen molar-refractivity contribution in [2.45, 2.75) is 20.7 Å². The Bertz CT molecular complexity index is 1720. The highest BCUT2D eigenvalue weighted by Gasteiger charge is 2.26. The maximum atomic E-state index is 15.3. The molecule has 1 saturated heterocycles. The van der Waals surface area contributed by atoms with Gasteiger partial charge < -0.3 is 19.7 Å². The highest BCUT2D eigenvalue weighted by molar-refractivity contribution is 7.99. The molecule has 17 heteroatoms. The van der Waals surface area contributed by atoms with Gasteiger partial charge >= 0.3 is 5.69 Å². The van der Waals surface area contributed by atoms with Gasteiger partial charge in [0.15, 0.2) is 32.4 Å². The molecule has 1 fully saturated rings. The fourth-order valence-electron chi connectivity index (χ4n) is 4.14. The zero-order valence-electron chi connectivity index (χ0n) is 21.9. The van der Waals surface area contributed by atoms with E-state index in [9.17, 15) is 22.9 Å². The molecule has 5 rings (SSSR count). The second-order valence-electron chi connectivity index (χ2n) is 8.86. The van der Waals surface area contributed by atoms with Crippen LogP contribution in [-0.4, -0.2) is 66.9 Å². The summed E-state index contributed by atoms with van der Waals surface area (Å²) >= 11 is 0.861. The lowest BCUT2D eigenvalue weighted by atomic mass is 10.2. The minimum atomic E-state index is -4.25. The number of nitrogens with zero attached hydrogens (tertiary/aromatic N) is 5. The number of anilines is 3. The monoisotopic (exact) mass is 619 g/mol. The van der Waals surface area contributed by atoms with Crippen molar-refractivity contribution in [3.8, 4) is 5.75 Å². The molecule has 2 aromatic heterocycles. The van der Waals surface area contributed by atoms with Crippen LogP contribution in [0.5, 0.6) is 5.75 Å². The lowest BCUT2D eigenvalue weighted by Crippen LogP contribution is -2.37. The number of morpholine rings is 1. The third-order valence-corrected chi connectivity index (χ3v) is 8.73. The minimum Gasteiger partial charge on any atom is -0.490 e. The number of methoxy groups -OCH3 is 1. The van der Waals surface area contributed by atoms with Crippen molar-refractivity contribution in [3.63, 3.8) is 0 Å². The van der Waals surface area contributed by atoms with Crippen LogP contribution in [0.25, 0.3) is 0 Å². The number of H-pyrrole nitrogens is 1. The first-order chi connectivity index (χ1) is 20.2. The first kappa shape index (κ1) is 29.2. The predicted molar refractivity (Wildman–Crippen MR) is 148 cm³/mol. The topological polar surface area (TPSA) is 165 Å². The van der Waals surface area contributed by atoms with Crippen LogP contribution in [0.2, 0.25) is 0 Å². The first-order valence-corrected chi connectivity index (χ1v) is 14.8. The second-order valence-corrected chi connectivity index (χ2v) is 11.9. The third-order valence-electron chi connectivity index (χ3n) is 6.15. The van der Waals surface area contributed by atoms with Gasteiger partial charge in [0.2, 0.25) is 11.6 Å². The Balaban J connectivity index is 1.45. The lowest BCUT2D eigenvalue weighted by Gasteiger charge is -2.29. The van der Waals surface area contributed by atoms with Gasteiger partial charge in [-0.05, 0) is 30.0 Å². The summed E-state index contributed by atoms with van der Waals surface area (Å²) in [5.41, 5.74) is -1.25. The Morgan fingerprint density at radius 2 is 1.98 bits per heavy atom. The number of ether oxygens (including phenoxy) is 2. The summed E-state index contributed by atoms with van der Waals surface area (Å²) < 4.78 is 66.8. The average molecular weight is 620 g/mol. The van der Waals surface area contributed by atoms with Crippen LogP contribution in [-0.2, 0) is 20.3 Å². The zero-order chi connectivity index (χ0) is 29.9. The van der Waals surface area contributed by atoms with Crippen molar-refractivity contribution in [2.24, 2.45) is 0 Å². The molecule has 0 bridgehead atoms. The number of hydrogen-bond acceptors (Lipinski definition) is 12. The van der Waals surface area contributed by atoms with Gasteiger partial charge in [-0.2, -0.15) is 9.49 Å². The fourth-order valence-corrected chi connectivity index (χ4v) is 6.26. The van der Waals surface area contributed by atoms with Crippen LogP contribution in [0.4, 0.5) is 31.9 Å². The molecule has 0 amide bonds. The number of benzene rings is 2. The van der Waals surface area contributed by atoms with E-state index in [1.54, 1.807) is 12.3 Å². The number of nitro benzene ring substituents is 1. The van der Waals surface area contributed by atoms with Crippen molar-refractivity contribution in [3.05, 3.63) is 76.0 Å². The number of nitro groups is 1. The predicted octanol–water partition coefficient (Wildman–Crippen LogP) is 4.10. The van der Waals surface area contributed by atoms with Crippen LogP contribution < -0.4 is 15.0 Å². The molecule has 0 spiro atoms. The number of aromatic amines is 1. The number of hydrogen-bond donors (Lipinski definition) is 2. The second kappa shape index (κ2) is 12.3. The largest absolute Gasteiger partial charge is 0.490 e. The molecule has 3 heterocycles. The third kappa shape index (κ3) is 6.27. The van der Waals surface area contributed by atoms with E-state index in [1.807, 2.05) is 4.90 Å². The Morgan fingerprint density at radius 3 is 2.64 bits per heavy atom. The van der Waals surface area contributed by atoms with Gasteiger partial charge in [0, 0.05) is 37.0 Å². The van der Waals surface area contributed by atoms with Crippen LogP contribution in [0.1, 0.15) is 5.56 Å². The lowest BCUT2D eigenvalue weighted by molar-refractivity contribution is -0.387. The standard InChI is InChI=1S/C25H23F2N7O6S2/c1-39-22-23(29-20-7-8-28-32-20)30-25(31-24(22)33-9-11-40-12-10-33)41-19-6-5-16(13-17(19)26)42(37,38)14-15-3-2-4-18(21(15)27)34(35)36/h2-8,13H,9-12,14H2,1H3,(H2,28,29,30,31,32). The normalized spacial score (nSPS) is 13.6. The van der Waals surface area contributed by atoms with Gasteiger partial charge in [0.1, 0.15) is 5.82 Å². The molecule has 0 atom stereocenters. The molecule has 0 aliphatic carbocycles. The van der Waals surface area contributed by atoms with E-state index < -0.39 is 48.3 Å². The number of rotatable bonds is 10. The average Bonchev–Trinajstić information content (AvgIpc) is 3.48. The summed E-state index contributed by atoms with van der Waals surface area (Å²) in [6, 6.07) is 8.15. The molecular formula is C25H23F2N7O6S2. The molecule has 0 radical (unpaired) electrons. The van der Waals surface area contributed by atoms with E-state index in [1.165, 1.54) is 25.3 Å². The summed E-state index contributed by atoms with van der Waals surface area (Å²) in [5.74, 6) is -1.49. The van der Waals surface area contributed by atoms with Crippen LogP contribution in [0, 0.1) is 21.7 Å². The van der Waals surface area contributed by atoms with Crippen molar-refractivity contribution in [1.29, 1.82) is 0 Å². The van der Waals surface area contributed by atoms with E-state index in [0.717, 1.165) is 30.0 Å². The van der Waals surface area contributed by atoms with E-state index in [4.69, 9.17) is 9.47 Å². The molecule has 2 N–H and O–H groups in total. The maximum absolute atomic E-state index is 15.3. The summed E-state index contributed by atoms with van der Waals surface area (Å²) in [6.07, 6.45) is 1.62. The minimum absolute atomic E-state index is 0.0271. The Kier molecular flexibility index (Phi) is 8.51. The molecule has 0 saturated carbocycles. The summed E-state index contributed by atoms with van der Waals surface area (Å²) in [6.45, 7) is 2.02. The molecule has 13 nitrogen and oxygen atoms in total. The van der Waals surface area contributed by atoms with E-state index in [-0.39, 0.29) is 15.9 Å². The van der Waals surface area contributed by atoms with E-state index >= 15 is 4.39 Å². The van der Waals surface area contributed by atoms with Gasteiger partial charge in [-0.25, -0.2) is 22.8 Å². The highest BCUT2D eigenvalue weighted by Crippen LogP contribution is 2.39. The SMILES string of the molecule is COc1c(Nc2cc[nH]n2)nc(Sc2ccc(S(=O)(=O)Cc3cccc([N+](=O)[O-])c3F)cc2F)nc1N1CCOCC1. The van der Waals surface area contributed by atoms with E-state index in [0.29, 0.717) is 43.7 Å². The molecular weight excluding hydrogens is 596 g/mol. The Labute approximate surface area is 242 Å². The molecule has 0 unspecified atom stereocenters. The van der Waals surface area contributed by atoms with Crippen molar-refractivity contribution in [1.82, 2.24) is 20.2 Å². The van der Waals surface area contributed by atoms with Gasteiger partial charge in [-0.1, -0.05) is 12.1 Å². The Morgan fingerprint density at radius 1 is 1.19 bits per heavy atom. The molecule has 42 heavy (non-hydrogen) atoms. The van der Waals surface area contributed by atoms with Crippen LogP contribution in [0.3, 0.4) is 0 Å². The van der Waals surface area contributed by atoms with Gasteiger partial charge in [-0.15, -0.1) is 0 Å². The summed E-state index contributed by atoms with van der Waals surface area (Å²) in [7, 11) is -2.78. The first-order valence-electron chi connectivity index (χ1n) is 12.3. The summed E-state index contributed by atoms with van der Waals surface area (Å²) in [4.78, 5) is 20.7. The molecule has 1 aliphatic heterocycles. The van der Waals surface area contributed by atoms with Crippen molar-refractivity contribution >= 4 is 44.7 Å². The number of halogens is 2. The van der Waals surface area contributed by atoms with Gasteiger partial charge in [-0.3, -0.25) is 15.2 Å². The van der Waals surface area contributed by atoms with Gasteiger partial charge in [0.05, 0.1) is 40.8 Å². The van der Waals surface area contributed by atoms with Crippen LogP contribution in [0.15, 0.2) is 63.6 Å². The molecule has 4 aromatic rings. The van der Waals surface area contributed by atoms with Gasteiger partial charge in [0.25, 0.3) is 0 Å². The highest BCUT2D eigenvalue weighted by atomic mass is 32.2. The smallest absolute Gasteiger partial charge is 0.305 e. The number of aromatic nitrogens is 4. The summed E-state index contributed by atoms with van der Waals surface area (Å²) in [5, 5.41) is 21.0. The number of sulfone groups is 1. The quantitative estimate of drug-likeness (QED) is 0.149. The molecule has 2 aromatic carbocycles. The number of nitrogens with one attached hydrogen (secondary N) is 2. The Hall–Kier alpha value is -4.35.